The van der Waals surface area contributed by atoms with E-state index >= 15 is 0 Å². The van der Waals surface area contributed by atoms with Gasteiger partial charge in [-0.05, 0) is 75.3 Å². The fraction of sp³-hybridized carbons (Fsp3) is 0.519. The molecule has 1 aromatic carbocycles. The monoisotopic (exact) mass is 976 g/mol. The zero-order chi connectivity index (χ0) is 50.0. The topological polar surface area (TPSA) is 226 Å². The summed E-state index contributed by atoms with van der Waals surface area (Å²) in [6.45, 7) is 6.29. The number of pyridine rings is 1. The highest BCUT2D eigenvalue weighted by molar-refractivity contribution is 6.01. The van der Waals surface area contributed by atoms with Crippen LogP contribution in [-0.4, -0.2) is 97.6 Å². The number of anilines is 4. The van der Waals surface area contributed by atoms with Crippen molar-refractivity contribution in [3.63, 3.8) is 0 Å². The molecule has 2 aliphatic rings. The molecule has 2 saturated heterocycles. The molecule has 0 aliphatic carbocycles. The molecule has 2 fully saturated rings. The zero-order valence-electron chi connectivity index (χ0n) is 41.4. The summed E-state index contributed by atoms with van der Waals surface area (Å²) in [6.07, 6.45) is 18.7. The van der Waals surface area contributed by atoms with Crippen LogP contribution >= 0.6 is 0 Å². The molecule has 4 amide bonds. The third kappa shape index (κ3) is 15.6. The van der Waals surface area contributed by atoms with E-state index in [1.54, 1.807) is 19.4 Å². The number of hydrogen-bond donors (Lipinski definition) is 6. The fourth-order valence-corrected chi connectivity index (χ4v) is 9.27. The van der Waals surface area contributed by atoms with Crippen LogP contribution in [0.4, 0.5) is 27.7 Å². The summed E-state index contributed by atoms with van der Waals surface area (Å²) in [6, 6.07) is 15.3. The number of aromatic nitrogens is 7. The summed E-state index contributed by atoms with van der Waals surface area (Å²) in [4.78, 5) is 66.7. The Hall–Kier alpha value is -6.76. The highest BCUT2D eigenvalue weighted by Crippen LogP contribution is 2.30. The van der Waals surface area contributed by atoms with Gasteiger partial charge in [0.15, 0.2) is 17.5 Å². The number of aromatic amines is 1. The van der Waals surface area contributed by atoms with E-state index in [4.69, 9.17) is 14.7 Å². The smallest absolute Gasteiger partial charge is 0.234 e. The molecule has 380 valence electrons. The standard InChI is InChI=1S/C52H70FN13O5/c1-36-31-44(59-45-32-37(2)63-64-45)60-51(58-36)65-29-25-52(71-3,26-30-65)62-50(70)42(39-19-23-46(56-33-39)66-35-40(53)34-57-66)15-14-28-55-47(67)16-12-10-8-6-4-5-7-9-11-13-27-54-41-20-17-38(18-21-41)43-22-24-48(68)61-49(43)69/h17-21,23,31-35,42-43,54H,4-16,22,24-30H2,1-3H3,(H,55,67)(H,62,70)(H,61,68,69)(H2,58,59,60,63,64)/t42-,43?/m0/s1. The Kier molecular flexibility index (Phi) is 19.0. The minimum atomic E-state index is -0.920. The Bertz CT molecular complexity index is 2510. The first kappa shape index (κ1) is 52.1. The number of methoxy groups -OCH3 is 1. The van der Waals surface area contributed by atoms with Gasteiger partial charge in [0.05, 0.1) is 24.2 Å². The van der Waals surface area contributed by atoms with Gasteiger partial charge in [0.1, 0.15) is 11.5 Å². The van der Waals surface area contributed by atoms with E-state index in [2.05, 4.69) is 51.8 Å². The molecule has 0 radical (unpaired) electrons. The molecule has 0 bridgehead atoms. The largest absolute Gasteiger partial charge is 0.385 e. The number of carbonyl (C=O) groups is 4. The van der Waals surface area contributed by atoms with Crippen molar-refractivity contribution in [3.05, 3.63) is 95.5 Å². The molecule has 2 atom stereocenters. The van der Waals surface area contributed by atoms with E-state index in [9.17, 15) is 23.6 Å². The normalized spacial score (nSPS) is 16.1. The maximum Gasteiger partial charge on any atom is 0.234 e. The number of nitrogens with zero attached hydrogens (tertiary/aromatic N) is 7. The van der Waals surface area contributed by atoms with Gasteiger partial charge in [0.25, 0.3) is 0 Å². The molecule has 7 rings (SSSR count). The van der Waals surface area contributed by atoms with Crippen LogP contribution in [0.25, 0.3) is 5.82 Å². The molecular formula is C52H70FN13O5. The molecule has 6 N–H and O–H groups in total. The lowest BCUT2D eigenvalue weighted by Crippen LogP contribution is -2.57. The number of benzene rings is 1. The first-order valence-corrected chi connectivity index (χ1v) is 25.3. The van der Waals surface area contributed by atoms with E-state index in [-0.39, 0.29) is 29.5 Å². The number of nitrogens with one attached hydrogen (secondary N) is 6. The summed E-state index contributed by atoms with van der Waals surface area (Å²) in [5, 5.41) is 26.6. The number of H-pyrrole nitrogens is 1. The SMILES string of the molecule is COC1(NC(=O)[C@@H](CCCNC(=O)CCCCCCCCCCCCNc2ccc(C3CCC(=O)NC3=O)cc2)c2ccc(-n3cc(F)cn3)nc2)CCN(c2nc(C)cc(Nc3cc(C)[nH]n3)n2)CC1. The van der Waals surface area contributed by atoms with Crippen LogP contribution in [0, 0.1) is 19.7 Å². The van der Waals surface area contributed by atoms with E-state index in [1.165, 1.54) is 49.4 Å². The summed E-state index contributed by atoms with van der Waals surface area (Å²) < 4.78 is 21.1. The van der Waals surface area contributed by atoms with Crippen molar-refractivity contribution in [2.24, 2.45) is 0 Å². The lowest BCUT2D eigenvalue weighted by atomic mass is 9.90. The van der Waals surface area contributed by atoms with Gasteiger partial charge in [-0.15, -0.1) is 0 Å². The quantitative estimate of drug-likeness (QED) is 0.0167. The Balaban J connectivity index is 0.781. The van der Waals surface area contributed by atoms with Crippen molar-refractivity contribution in [3.8, 4) is 5.82 Å². The van der Waals surface area contributed by atoms with Crippen molar-refractivity contribution in [2.75, 3.05) is 48.8 Å². The average Bonchev–Trinajstić information content (AvgIpc) is 4.00. The van der Waals surface area contributed by atoms with Crippen molar-refractivity contribution in [2.45, 2.75) is 141 Å². The van der Waals surface area contributed by atoms with Gasteiger partial charge in [0.2, 0.25) is 29.6 Å². The minimum Gasteiger partial charge on any atom is -0.385 e. The number of ether oxygens (including phenoxy) is 1. The predicted molar refractivity (Wildman–Crippen MR) is 270 cm³/mol. The average molecular weight is 976 g/mol. The number of halogens is 1. The Labute approximate surface area is 415 Å². The number of amides is 4. The number of imide groups is 1. The molecule has 71 heavy (non-hydrogen) atoms. The second-order valence-electron chi connectivity index (χ2n) is 18.9. The minimum absolute atomic E-state index is 0.0176. The van der Waals surface area contributed by atoms with Crippen LogP contribution in [0.3, 0.4) is 0 Å². The van der Waals surface area contributed by atoms with E-state index < -0.39 is 17.5 Å². The molecular weight excluding hydrogens is 906 g/mol. The van der Waals surface area contributed by atoms with Crippen LogP contribution in [-0.2, 0) is 23.9 Å². The maximum absolute atomic E-state index is 14.3. The second-order valence-corrected chi connectivity index (χ2v) is 18.9. The van der Waals surface area contributed by atoms with Crippen molar-refractivity contribution < 1.29 is 28.3 Å². The van der Waals surface area contributed by atoms with Crippen molar-refractivity contribution in [1.82, 2.24) is 50.9 Å². The van der Waals surface area contributed by atoms with Gasteiger partial charge in [-0.2, -0.15) is 15.2 Å². The maximum atomic E-state index is 14.3. The number of unbranched alkanes of at least 4 members (excludes halogenated alkanes) is 9. The highest BCUT2D eigenvalue weighted by Gasteiger charge is 2.39. The van der Waals surface area contributed by atoms with E-state index in [1.807, 2.05) is 56.3 Å². The van der Waals surface area contributed by atoms with Gasteiger partial charge >= 0.3 is 0 Å². The number of rotatable bonds is 27. The molecule has 18 nitrogen and oxygen atoms in total. The molecule has 19 heteroatoms. The summed E-state index contributed by atoms with van der Waals surface area (Å²) in [5.41, 5.74) is 3.50. The van der Waals surface area contributed by atoms with Gasteiger partial charge in [-0.1, -0.05) is 69.6 Å². The molecule has 4 aromatic heterocycles. The Morgan fingerprint density at radius 2 is 1.61 bits per heavy atom. The summed E-state index contributed by atoms with van der Waals surface area (Å²) >= 11 is 0. The first-order valence-electron chi connectivity index (χ1n) is 25.3. The second kappa shape index (κ2) is 25.9. The number of piperidine rings is 2. The lowest BCUT2D eigenvalue weighted by molar-refractivity contribution is -0.136. The van der Waals surface area contributed by atoms with Gasteiger partial charge in [-0.25, -0.2) is 19.0 Å². The third-order valence-electron chi connectivity index (χ3n) is 13.4. The first-order chi connectivity index (χ1) is 34.5. The molecule has 0 spiro atoms. The van der Waals surface area contributed by atoms with Crippen LogP contribution < -0.4 is 31.5 Å². The molecule has 2 aliphatic heterocycles. The summed E-state index contributed by atoms with van der Waals surface area (Å²) in [7, 11) is 1.61. The van der Waals surface area contributed by atoms with Crippen LogP contribution in [0.1, 0.15) is 144 Å². The van der Waals surface area contributed by atoms with Crippen molar-refractivity contribution in [1.29, 1.82) is 0 Å². The number of aryl methyl sites for hydroxylation is 2. The molecule has 6 heterocycles. The molecule has 1 unspecified atom stereocenters. The number of carbonyl (C=O) groups excluding carboxylic acids is 4. The van der Waals surface area contributed by atoms with Gasteiger partial charge in [-0.3, -0.25) is 29.6 Å². The Morgan fingerprint density at radius 3 is 2.25 bits per heavy atom. The van der Waals surface area contributed by atoms with E-state index in [0.29, 0.717) is 93.5 Å². The third-order valence-corrected chi connectivity index (χ3v) is 13.4. The summed E-state index contributed by atoms with van der Waals surface area (Å²) in [5.74, 6) is 0.391. The predicted octanol–water partition coefficient (Wildman–Crippen LogP) is 7.94. The number of hydrogen-bond acceptors (Lipinski definition) is 13. The Morgan fingerprint density at radius 1 is 0.873 bits per heavy atom. The van der Waals surface area contributed by atoms with Crippen molar-refractivity contribution >= 4 is 46.9 Å². The van der Waals surface area contributed by atoms with Crippen LogP contribution in [0.15, 0.2) is 67.1 Å². The van der Waals surface area contributed by atoms with Crippen LogP contribution in [0.5, 0.6) is 0 Å². The molecule has 5 aromatic rings. The van der Waals surface area contributed by atoms with Crippen LogP contribution in [0.2, 0.25) is 0 Å². The highest BCUT2D eigenvalue weighted by atomic mass is 19.1. The van der Waals surface area contributed by atoms with Gasteiger partial charge in [0, 0.05) is 94.4 Å². The van der Waals surface area contributed by atoms with Gasteiger partial charge < -0.3 is 30.9 Å². The zero-order valence-corrected chi connectivity index (χ0v) is 41.4. The lowest BCUT2D eigenvalue weighted by Gasteiger charge is -2.42. The van der Waals surface area contributed by atoms with E-state index in [0.717, 1.165) is 61.1 Å². The molecule has 0 saturated carbocycles. The fourth-order valence-electron chi connectivity index (χ4n) is 9.27.